The maximum atomic E-state index is 12.2. The molecule has 0 saturated heterocycles. The van der Waals surface area contributed by atoms with Gasteiger partial charge in [0.05, 0.1) is 0 Å². The van der Waals surface area contributed by atoms with E-state index in [0.717, 1.165) is 25.1 Å². The molecule has 0 fully saturated rings. The van der Waals surface area contributed by atoms with E-state index in [0.29, 0.717) is 6.54 Å². The van der Waals surface area contributed by atoms with Crippen molar-refractivity contribution in [3.63, 3.8) is 0 Å². The van der Waals surface area contributed by atoms with Crippen LogP contribution >= 0.6 is 11.8 Å². The first-order valence-corrected chi connectivity index (χ1v) is 7.58. The summed E-state index contributed by atoms with van der Waals surface area (Å²) in [4.78, 5) is 0.215. The number of halogens is 3. The number of methoxy groups -OCH3 is 1. The third kappa shape index (κ3) is 8.34. The first-order valence-electron chi connectivity index (χ1n) is 6.76. The molecule has 0 aliphatic heterocycles. The Morgan fingerprint density at radius 2 is 1.76 bits per heavy atom. The smallest absolute Gasteiger partial charge is 0.385 e. The minimum absolute atomic E-state index is 0.0877. The summed E-state index contributed by atoms with van der Waals surface area (Å²) in [5, 5.41) is 3.33. The van der Waals surface area contributed by atoms with Crippen LogP contribution in [-0.2, 0) is 11.3 Å². The molecule has 0 spiro atoms. The van der Waals surface area contributed by atoms with Gasteiger partial charge in [0.15, 0.2) is 0 Å². The Morgan fingerprint density at radius 3 is 2.29 bits per heavy atom. The molecule has 0 atom stereocenters. The topological polar surface area (TPSA) is 21.3 Å². The van der Waals surface area contributed by atoms with Gasteiger partial charge in [0.25, 0.3) is 0 Å². The Hall–Kier alpha value is -0.720. The molecule has 1 aromatic rings. The molecule has 1 N–H and O–H groups in total. The third-order valence-electron chi connectivity index (χ3n) is 3.07. The first kappa shape index (κ1) is 18.3. The molecule has 2 nitrogen and oxygen atoms in total. The Morgan fingerprint density at radius 1 is 1.14 bits per heavy atom. The number of thioether (sulfide) groups is 1. The van der Waals surface area contributed by atoms with Gasteiger partial charge in [-0.05, 0) is 41.3 Å². The van der Waals surface area contributed by atoms with Crippen molar-refractivity contribution in [2.24, 2.45) is 5.41 Å². The fourth-order valence-electron chi connectivity index (χ4n) is 1.82. The summed E-state index contributed by atoms with van der Waals surface area (Å²) >= 11 is -0.0877. The van der Waals surface area contributed by atoms with Crippen LogP contribution in [0.1, 0.15) is 25.8 Å². The summed E-state index contributed by atoms with van der Waals surface area (Å²) in [5.41, 5.74) is -3.13. The Labute approximate surface area is 128 Å². The number of benzene rings is 1. The number of rotatable bonds is 8. The maximum absolute atomic E-state index is 12.2. The van der Waals surface area contributed by atoms with Crippen molar-refractivity contribution in [2.75, 3.05) is 20.3 Å². The summed E-state index contributed by atoms with van der Waals surface area (Å²) in [5.74, 6) is 0. The van der Waals surface area contributed by atoms with Crippen LogP contribution in [0.5, 0.6) is 0 Å². The van der Waals surface area contributed by atoms with Crippen LogP contribution in [0.25, 0.3) is 0 Å². The van der Waals surface area contributed by atoms with Crippen LogP contribution in [0.15, 0.2) is 29.2 Å². The lowest BCUT2D eigenvalue weighted by Gasteiger charge is -2.24. The first-order chi connectivity index (χ1) is 9.72. The van der Waals surface area contributed by atoms with Crippen molar-refractivity contribution in [1.82, 2.24) is 5.32 Å². The van der Waals surface area contributed by atoms with E-state index in [-0.39, 0.29) is 22.1 Å². The molecule has 0 aliphatic carbocycles. The zero-order valence-electron chi connectivity index (χ0n) is 12.6. The van der Waals surface area contributed by atoms with E-state index in [4.69, 9.17) is 4.74 Å². The lowest BCUT2D eigenvalue weighted by Crippen LogP contribution is -2.30. The van der Waals surface area contributed by atoms with E-state index in [1.54, 1.807) is 19.2 Å². The maximum Gasteiger partial charge on any atom is 0.446 e. The van der Waals surface area contributed by atoms with Crippen molar-refractivity contribution in [1.29, 1.82) is 0 Å². The molecule has 1 aromatic carbocycles. The molecule has 6 heteroatoms. The van der Waals surface area contributed by atoms with E-state index in [1.165, 1.54) is 12.1 Å². The molecule has 0 heterocycles. The number of alkyl halides is 3. The fourth-order valence-corrected chi connectivity index (χ4v) is 2.36. The third-order valence-corrected chi connectivity index (χ3v) is 3.81. The lowest BCUT2D eigenvalue weighted by atomic mass is 9.89. The number of hydrogen-bond acceptors (Lipinski definition) is 3. The molecule has 0 amide bonds. The van der Waals surface area contributed by atoms with Gasteiger partial charge >= 0.3 is 5.51 Å². The average molecular weight is 321 g/mol. The van der Waals surface area contributed by atoms with Crippen molar-refractivity contribution in [2.45, 2.75) is 37.2 Å². The molecule has 0 unspecified atom stereocenters. The van der Waals surface area contributed by atoms with Gasteiger partial charge in [-0.25, -0.2) is 0 Å². The van der Waals surface area contributed by atoms with Crippen molar-refractivity contribution < 1.29 is 17.9 Å². The second kappa shape index (κ2) is 8.06. The van der Waals surface area contributed by atoms with Gasteiger partial charge in [0, 0.05) is 31.7 Å². The predicted octanol–water partition coefficient (Wildman–Crippen LogP) is 4.45. The molecule has 0 radical (unpaired) electrons. The molecule has 0 aromatic heterocycles. The predicted molar refractivity (Wildman–Crippen MR) is 80.3 cm³/mol. The second-order valence-corrected chi connectivity index (χ2v) is 6.84. The molecule has 0 aliphatic rings. The van der Waals surface area contributed by atoms with Crippen molar-refractivity contribution >= 4 is 11.8 Å². The zero-order valence-corrected chi connectivity index (χ0v) is 13.4. The van der Waals surface area contributed by atoms with Gasteiger partial charge < -0.3 is 10.1 Å². The highest BCUT2D eigenvalue weighted by molar-refractivity contribution is 8.00. The van der Waals surface area contributed by atoms with Gasteiger partial charge in [-0.3, -0.25) is 0 Å². The molecular weight excluding hydrogens is 299 g/mol. The zero-order chi connectivity index (χ0) is 15.9. The van der Waals surface area contributed by atoms with E-state index < -0.39 is 5.51 Å². The minimum Gasteiger partial charge on any atom is -0.385 e. The van der Waals surface area contributed by atoms with Crippen LogP contribution in [-0.4, -0.2) is 25.8 Å². The lowest BCUT2D eigenvalue weighted by molar-refractivity contribution is -0.0328. The van der Waals surface area contributed by atoms with Gasteiger partial charge in [0.2, 0.25) is 0 Å². The van der Waals surface area contributed by atoms with Crippen molar-refractivity contribution in [3.8, 4) is 0 Å². The van der Waals surface area contributed by atoms with Crippen LogP contribution < -0.4 is 5.32 Å². The summed E-state index contributed by atoms with van der Waals surface area (Å²) in [6.45, 7) is 6.50. The standard InChI is InChI=1S/C15H22F3NOS/c1-14(2,8-9-20-3)11-19-10-12-4-6-13(7-5-12)21-15(16,17)18/h4-7,19H,8-11H2,1-3H3. The number of hydrogen-bond donors (Lipinski definition) is 1. The van der Waals surface area contributed by atoms with E-state index >= 15 is 0 Å². The highest BCUT2D eigenvalue weighted by Gasteiger charge is 2.28. The fraction of sp³-hybridized carbons (Fsp3) is 0.600. The summed E-state index contributed by atoms with van der Waals surface area (Å²) in [6.07, 6.45) is 0.956. The minimum atomic E-state index is -4.23. The highest BCUT2D eigenvalue weighted by atomic mass is 32.2. The van der Waals surface area contributed by atoms with Crippen molar-refractivity contribution in [3.05, 3.63) is 29.8 Å². The molecule has 1 rings (SSSR count). The van der Waals surface area contributed by atoms with Crippen LogP contribution in [0.3, 0.4) is 0 Å². The Balaban J connectivity index is 2.39. The highest BCUT2D eigenvalue weighted by Crippen LogP contribution is 2.36. The molecule has 0 saturated carbocycles. The van der Waals surface area contributed by atoms with Gasteiger partial charge in [-0.1, -0.05) is 26.0 Å². The number of ether oxygens (including phenoxy) is 1. The van der Waals surface area contributed by atoms with Gasteiger partial charge in [-0.2, -0.15) is 13.2 Å². The quantitative estimate of drug-likeness (QED) is 0.715. The van der Waals surface area contributed by atoms with Gasteiger partial charge in [0.1, 0.15) is 0 Å². The van der Waals surface area contributed by atoms with Crippen LogP contribution in [0.2, 0.25) is 0 Å². The Kier molecular flexibility index (Phi) is 7.03. The SMILES string of the molecule is COCCC(C)(C)CNCc1ccc(SC(F)(F)F)cc1. The normalized spacial score (nSPS) is 12.7. The second-order valence-electron chi connectivity index (χ2n) is 5.70. The molecule has 120 valence electrons. The summed E-state index contributed by atoms with van der Waals surface area (Å²) < 4.78 is 41.7. The molecular formula is C15H22F3NOS. The molecule has 0 bridgehead atoms. The van der Waals surface area contributed by atoms with Gasteiger partial charge in [-0.15, -0.1) is 0 Å². The van der Waals surface area contributed by atoms with E-state index in [9.17, 15) is 13.2 Å². The number of nitrogens with one attached hydrogen (secondary N) is 1. The van der Waals surface area contributed by atoms with E-state index in [2.05, 4.69) is 19.2 Å². The molecule has 21 heavy (non-hydrogen) atoms. The Bertz CT molecular complexity index is 418. The van der Waals surface area contributed by atoms with E-state index in [1.807, 2.05) is 0 Å². The largest absolute Gasteiger partial charge is 0.446 e. The summed E-state index contributed by atoms with van der Waals surface area (Å²) in [6, 6.07) is 6.46. The van der Waals surface area contributed by atoms with Crippen LogP contribution in [0.4, 0.5) is 13.2 Å². The monoisotopic (exact) mass is 321 g/mol. The summed E-state index contributed by atoms with van der Waals surface area (Å²) in [7, 11) is 1.68. The van der Waals surface area contributed by atoms with Crippen LogP contribution in [0, 0.1) is 5.41 Å². The average Bonchev–Trinajstić information content (AvgIpc) is 2.37.